The van der Waals surface area contributed by atoms with Crippen LogP contribution in [-0.2, 0) is 6.42 Å². The summed E-state index contributed by atoms with van der Waals surface area (Å²) in [6.45, 7) is 2.00. The van der Waals surface area contributed by atoms with Crippen molar-refractivity contribution in [2.45, 2.75) is 19.4 Å². The lowest BCUT2D eigenvalue weighted by molar-refractivity contribution is 0.715. The molecule has 0 bridgehead atoms. The third-order valence-corrected chi connectivity index (χ3v) is 2.81. The molecule has 17 heavy (non-hydrogen) atoms. The van der Waals surface area contributed by atoms with Gasteiger partial charge in [-0.05, 0) is 42.7 Å². The molecule has 0 saturated heterocycles. The van der Waals surface area contributed by atoms with Crippen molar-refractivity contribution in [1.29, 1.82) is 0 Å². The molecule has 4 N–H and O–H groups in total. The van der Waals surface area contributed by atoms with Crippen LogP contribution in [0.3, 0.4) is 0 Å². The molecule has 2 rings (SSSR count). The highest BCUT2D eigenvalue weighted by Gasteiger charge is 2.13. The normalized spacial score (nSPS) is 12.4. The van der Waals surface area contributed by atoms with Gasteiger partial charge in [-0.1, -0.05) is 0 Å². The molecule has 0 radical (unpaired) electrons. The Morgan fingerprint density at radius 1 is 1.18 bits per heavy atom. The SMILES string of the molecule is Cc1ccnc(N)c1C(N)Cc1ccncc1. The van der Waals surface area contributed by atoms with Crippen molar-refractivity contribution in [3.63, 3.8) is 0 Å². The van der Waals surface area contributed by atoms with E-state index in [2.05, 4.69) is 9.97 Å². The van der Waals surface area contributed by atoms with Crippen LogP contribution in [0.1, 0.15) is 22.7 Å². The van der Waals surface area contributed by atoms with Gasteiger partial charge in [0.25, 0.3) is 0 Å². The minimum absolute atomic E-state index is 0.133. The molecule has 0 fully saturated rings. The van der Waals surface area contributed by atoms with Crippen LogP contribution in [-0.4, -0.2) is 9.97 Å². The molecule has 0 saturated carbocycles. The Balaban J connectivity index is 2.23. The van der Waals surface area contributed by atoms with Gasteiger partial charge in [0.05, 0.1) is 0 Å². The molecule has 0 amide bonds. The number of aryl methyl sites for hydroxylation is 1. The molecule has 0 aliphatic rings. The van der Waals surface area contributed by atoms with E-state index in [-0.39, 0.29) is 6.04 Å². The molecule has 88 valence electrons. The monoisotopic (exact) mass is 228 g/mol. The number of pyridine rings is 2. The number of nitrogens with zero attached hydrogens (tertiary/aromatic N) is 2. The van der Waals surface area contributed by atoms with Crippen molar-refractivity contribution in [3.05, 3.63) is 53.5 Å². The van der Waals surface area contributed by atoms with Gasteiger partial charge >= 0.3 is 0 Å². The van der Waals surface area contributed by atoms with Crippen LogP contribution in [0.15, 0.2) is 36.8 Å². The topological polar surface area (TPSA) is 77.8 Å². The van der Waals surface area contributed by atoms with Crippen LogP contribution in [0.5, 0.6) is 0 Å². The van der Waals surface area contributed by atoms with Gasteiger partial charge in [-0.25, -0.2) is 4.98 Å². The lowest BCUT2D eigenvalue weighted by Gasteiger charge is -2.16. The molecule has 0 aliphatic carbocycles. The Hall–Kier alpha value is -1.94. The zero-order chi connectivity index (χ0) is 12.3. The highest BCUT2D eigenvalue weighted by molar-refractivity contribution is 5.46. The van der Waals surface area contributed by atoms with Crippen LogP contribution in [0.25, 0.3) is 0 Å². The van der Waals surface area contributed by atoms with Gasteiger partial charge in [0.2, 0.25) is 0 Å². The maximum atomic E-state index is 6.19. The minimum atomic E-state index is -0.133. The van der Waals surface area contributed by atoms with Gasteiger partial charge in [0, 0.05) is 30.2 Å². The van der Waals surface area contributed by atoms with E-state index >= 15 is 0 Å². The summed E-state index contributed by atoms with van der Waals surface area (Å²) >= 11 is 0. The van der Waals surface area contributed by atoms with E-state index < -0.39 is 0 Å². The van der Waals surface area contributed by atoms with Crippen LogP contribution in [0, 0.1) is 6.92 Å². The molecular weight excluding hydrogens is 212 g/mol. The summed E-state index contributed by atoms with van der Waals surface area (Å²) in [5.74, 6) is 0.520. The quantitative estimate of drug-likeness (QED) is 0.836. The van der Waals surface area contributed by atoms with Crippen LogP contribution >= 0.6 is 0 Å². The molecule has 4 nitrogen and oxygen atoms in total. The Kier molecular flexibility index (Phi) is 3.35. The fraction of sp³-hybridized carbons (Fsp3) is 0.231. The van der Waals surface area contributed by atoms with E-state index in [1.54, 1.807) is 18.6 Å². The number of aromatic nitrogens is 2. The number of hydrogen-bond donors (Lipinski definition) is 2. The van der Waals surface area contributed by atoms with Gasteiger partial charge in [0.1, 0.15) is 5.82 Å². The first-order valence-electron chi connectivity index (χ1n) is 5.54. The number of nitrogens with two attached hydrogens (primary N) is 2. The van der Waals surface area contributed by atoms with Crippen molar-refractivity contribution in [2.75, 3.05) is 5.73 Å². The molecular formula is C13H16N4. The summed E-state index contributed by atoms with van der Waals surface area (Å²) in [5, 5.41) is 0. The highest BCUT2D eigenvalue weighted by Crippen LogP contribution is 2.23. The molecule has 0 spiro atoms. The molecule has 0 aromatic carbocycles. The van der Waals surface area contributed by atoms with Crippen LogP contribution in [0.4, 0.5) is 5.82 Å². The summed E-state index contributed by atoms with van der Waals surface area (Å²) < 4.78 is 0. The fourth-order valence-electron chi connectivity index (χ4n) is 1.95. The number of hydrogen-bond acceptors (Lipinski definition) is 4. The Labute approximate surface area is 101 Å². The third kappa shape index (κ3) is 2.60. The second-order valence-electron chi connectivity index (χ2n) is 4.09. The second-order valence-corrected chi connectivity index (χ2v) is 4.09. The zero-order valence-electron chi connectivity index (χ0n) is 9.80. The lowest BCUT2D eigenvalue weighted by Crippen LogP contribution is -2.17. The van der Waals surface area contributed by atoms with Crippen LogP contribution in [0.2, 0.25) is 0 Å². The molecule has 1 atom stereocenters. The Morgan fingerprint density at radius 3 is 2.53 bits per heavy atom. The summed E-state index contributed by atoms with van der Waals surface area (Å²) in [7, 11) is 0. The number of nitrogen functional groups attached to an aromatic ring is 1. The maximum absolute atomic E-state index is 6.19. The molecule has 1 unspecified atom stereocenters. The third-order valence-electron chi connectivity index (χ3n) is 2.81. The van der Waals surface area contributed by atoms with E-state index in [4.69, 9.17) is 11.5 Å². The Bertz CT molecular complexity index is 476. The highest BCUT2D eigenvalue weighted by atomic mass is 14.8. The molecule has 4 heteroatoms. The standard InChI is InChI=1S/C13H16N4/c1-9-2-7-17-13(15)12(9)11(14)8-10-3-5-16-6-4-10/h2-7,11H,8,14H2,1H3,(H2,15,17). The average molecular weight is 228 g/mol. The molecule has 0 aliphatic heterocycles. The molecule has 2 aromatic rings. The van der Waals surface area contributed by atoms with Crippen molar-refractivity contribution >= 4 is 5.82 Å². The van der Waals surface area contributed by atoms with Gasteiger partial charge < -0.3 is 11.5 Å². The van der Waals surface area contributed by atoms with Crippen molar-refractivity contribution in [3.8, 4) is 0 Å². The van der Waals surface area contributed by atoms with E-state index in [0.29, 0.717) is 5.82 Å². The largest absolute Gasteiger partial charge is 0.383 e. The number of anilines is 1. The maximum Gasteiger partial charge on any atom is 0.128 e. The fourth-order valence-corrected chi connectivity index (χ4v) is 1.95. The second kappa shape index (κ2) is 4.93. The van der Waals surface area contributed by atoms with Crippen molar-refractivity contribution in [2.24, 2.45) is 5.73 Å². The van der Waals surface area contributed by atoms with Crippen molar-refractivity contribution in [1.82, 2.24) is 9.97 Å². The minimum Gasteiger partial charge on any atom is -0.383 e. The van der Waals surface area contributed by atoms with E-state index in [1.807, 2.05) is 25.1 Å². The first kappa shape index (κ1) is 11.5. The van der Waals surface area contributed by atoms with Crippen molar-refractivity contribution < 1.29 is 0 Å². The smallest absolute Gasteiger partial charge is 0.128 e. The van der Waals surface area contributed by atoms with Gasteiger partial charge in [-0.15, -0.1) is 0 Å². The zero-order valence-corrected chi connectivity index (χ0v) is 9.80. The van der Waals surface area contributed by atoms with Crippen LogP contribution < -0.4 is 11.5 Å². The van der Waals surface area contributed by atoms with E-state index in [9.17, 15) is 0 Å². The Morgan fingerprint density at radius 2 is 1.88 bits per heavy atom. The first-order chi connectivity index (χ1) is 8.18. The molecule has 2 aromatic heterocycles. The number of rotatable bonds is 3. The van der Waals surface area contributed by atoms with Gasteiger partial charge in [-0.3, -0.25) is 4.98 Å². The lowest BCUT2D eigenvalue weighted by atomic mass is 9.97. The summed E-state index contributed by atoms with van der Waals surface area (Å²) in [4.78, 5) is 8.07. The summed E-state index contributed by atoms with van der Waals surface area (Å²) in [6.07, 6.45) is 5.97. The summed E-state index contributed by atoms with van der Waals surface area (Å²) in [5.41, 5.74) is 15.2. The van der Waals surface area contributed by atoms with Gasteiger partial charge in [-0.2, -0.15) is 0 Å². The van der Waals surface area contributed by atoms with Gasteiger partial charge in [0.15, 0.2) is 0 Å². The first-order valence-corrected chi connectivity index (χ1v) is 5.54. The van der Waals surface area contributed by atoms with E-state index in [1.165, 1.54) is 0 Å². The predicted octanol–water partition coefficient (Wildman–Crippen LogP) is 1.61. The average Bonchev–Trinajstić information content (AvgIpc) is 2.30. The molecule has 2 heterocycles. The van der Waals surface area contributed by atoms with E-state index in [0.717, 1.165) is 23.1 Å². The summed E-state index contributed by atoms with van der Waals surface area (Å²) in [6, 6.07) is 5.72. The predicted molar refractivity (Wildman–Crippen MR) is 68.3 cm³/mol.